The van der Waals surface area contributed by atoms with Gasteiger partial charge in [0.2, 0.25) is 0 Å². The van der Waals surface area contributed by atoms with Crippen molar-refractivity contribution in [2.24, 2.45) is 0 Å². The first-order chi connectivity index (χ1) is 12.3. The van der Waals surface area contributed by atoms with Gasteiger partial charge in [-0.2, -0.15) is 0 Å². The fourth-order valence-corrected chi connectivity index (χ4v) is 4.27. The Labute approximate surface area is 155 Å². The van der Waals surface area contributed by atoms with Crippen LogP contribution in [0.1, 0.15) is 24.2 Å². The van der Waals surface area contributed by atoms with E-state index in [-0.39, 0.29) is 10.8 Å². The number of rotatable bonds is 5. The van der Waals surface area contributed by atoms with Crippen LogP contribution < -0.4 is 10.1 Å². The summed E-state index contributed by atoms with van der Waals surface area (Å²) >= 11 is 1.34. The Kier molecular flexibility index (Phi) is 4.97. The molecule has 0 atom stereocenters. The van der Waals surface area contributed by atoms with Crippen molar-refractivity contribution in [2.45, 2.75) is 24.0 Å². The van der Waals surface area contributed by atoms with Crippen molar-refractivity contribution in [1.29, 1.82) is 0 Å². The van der Waals surface area contributed by atoms with Gasteiger partial charge >= 0.3 is 0 Å². The van der Waals surface area contributed by atoms with E-state index in [1.54, 1.807) is 21.0 Å². The fourth-order valence-electron chi connectivity index (χ4n) is 2.32. The third-order valence-corrected chi connectivity index (χ3v) is 6.99. The molecule has 0 saturated carbocycles. The van der Waals surface area contributed by atoms with Gasteiger partial charge in [-0.1, -0.05) is 11.3 Å². The Hall–Kier alpha value is -2.45. The van der Waals surface area contributed by atoms with Crippen LogP contribution in [0.15, 0.2) is 47.4 Å². The number of nitrogens with one attached hydrogen (secondary N) is 1. The van der Waals surface area contributed by atoms with E-state index in [9.17, 15) is 13.2 Å². The average molecular weight is 390 g/mol. The largest absolute Gasteiger partial charge is 0.497 e. The van der Waals surface area contributed by atoms with Gasteiger partial charge < -0.3 is 4.74 Å². The normalized spacial score (nSPS) is 11.7. The number of hydrogen-bond acceptors (Lipinski definition) is 6. The number of sulfone groups is 1. The van der Waals surface area contributed by atoms with Crippen molar-refractivity contribution in [1.82, 2.24) is 4.98 Å². The molecular formula is C18H18N2O4S2. The van der Waals surface area contributed by atoms with Gasteiger partial charge in [-0.3, -0.25) is 10.1 Å². The summed E-state index contributed by atoms with van der Waals surface area (Å²) in [5, 5.41) is 2.70. The lowest BCUT2D eigenvalue weighted by molar-refractivity contribution is 0.102. The second-order valence-corrected chi connectivity index (χ2v) is 9.46. The molecule has 0 spiro atoms. The van der Waals surface area contributed by atoms with Crippen molar-refractivity contribution in [2.75, 3.05) is 12.4 Å². The molecule has 3 rings (SSSR count). The van der Waals surface area contributed by atoms with Crippen LogP contribution in [0.3, 0.4) is 0 Å². The molecule has 26 heavy (non-hydrogen) atoms. The lowest BCUT2D eigenvalue weighted by Gasteiger charge is -2.08. The molecule has 2 aromatic carbocycles. The van der Waals surface area contributed by atoms with Gasteiger partial charge in [0, 0.05) is 5.56 Å². The maximum atomic E-state index is 12.4. The molecule has 0 fully saturated rings. The molecule has 6 nitrogen and oxygen atoms in total. The molecule has 1 aromatic heterocycles. The molecule has 1 heterocycles. The number of aromatic nitrogens is 1. The van der Waals surface area contributed by atoms with Crippen LogP contribution in [0.2, 0.25) is 0 Å². The van der Waals surface area contributed by atoms with Crippen LogP contribution in [0, 0.1) is 0 Å². The number of amides is 1. The van der Waals surface area contributed by atoms with Crippen molar-refractivity contribution < 1.29 is 17.9 Å². The first kappa shape index (κ1) is 18.3. The number of fused-ring (bicyclic) bond motifs is 1. The van der Waals surface area contributed by atoms with Crippen molar-refractivity contribution in [3.05, 3.63) is 48.0 Å². The minimum atomic E-state index is -3.36. The highest BCUT2D eigenvalue weighted by Crippen LogP contribution is 2.29. The molecule has 0 saturated heterocycles. The number of anilines is 1. The zero-order valence-corrected chi connectivity index (χ0v) is 16.1. The smallest absolute Gasteiger partial charge is 0.257 e. The molecule has 0 aliphatic heterocycles. The van der Waals surface area contributed by atoms with Crippen LogP contribution >= 0.6 is 11.3 Å². The van der Waals surface area contributed by atoms with Gasteiger partial charge in [-0.05, 0) is 56.3 Å². The van der Waals surface area contributed by atoms with E-state index in [1.165, 1.54) is 35.6 Å². The van der Waals surface area contributed by atoms with E-state index in [0.717, 1.165) is 16.0 Å². The molecule has 0 bridgehead atoms. The molecule has 1 amide bonds. The van der Waals surface area contributed by atoms with E-state index in [1.807, 2.05) is 18.2 Å². The number of benzene rings is 2. The molecule has 0 aliphatic carbocycles. The topological polar surface area (TPSA) is 85.4 Å². The summed E-state index contributed by atoms with van der Waals surface area (Å²) in [6, 6.07) is 11.4. The lowest BCUT2D eigenvalue weighted by atomic mass is 10.2. The number of methoxy groups -OCH3 is 1. The third-order valence-electron chi connectivity index (χ3n) is 3.88. The highest BCUT2D eigenvalue weighted by Gasteiger charge is 2.19. The summed E-state index contributed by atoms with van der Waals surface area (Å²) in [4.78, 5) is 17.0. The predicted molar refractivity (Wildman–Crippen MR) is 103 cm³/mol. The van der Waals surface area contributed by atoms with Crippen LogP contribution in [-0.2, 0) is 9.84 Å². The van der Waals surface area contributed by atoms with E-state index >= 15 is 0 Å². The number of carbonyl (C=O) groups excluding carboxylic acids is 1. The van der Waals surface area contributed by atoms with Crippen molar-refractivity contribution >= 4 is 42.4 Å². The maximum Gasteiger partial charge on any atom is 0.257 e. The quantitative estimate of drug-likeness (QED) is 0.717. The van der Waals surface area contributed by atoms with Crippen LogP contribution in [0.5, 0.6) is 5.75 Å². The zero-order chi connectivity index (χ0) is 18.9. The van der Waals surface area contributed by atoms with Gasteiger partial charge in [-0.15, -0.1) is 0 Å². The summed E-state index contributed by atoms with van der Waals surface area (Å²) in [5.41, 5.74) is 1.13. The monoisotopic (exact) mass is 390 g/mol. The summed E-state index contributed by atoms with van der Waals surface area (Å²) in [6.07, 6.45) is 0. The molecule has 0 radical (unpaired) electrons. The summed E-state index contributed by atoms with van der Waals surface area (Å²) in [7, 11) is -1.76. The van der Waals surface area contributed by atoms with Crippen LogP contribution in [-0.4, -0.2) is 31.7 Å². The molecule has 0 unspecified atom stereocenters. The Morgan fingerprint density at radius 2 is 1.85 bits per heavy atom. The molecule has 8 heteroatoms. The average Bonchev–Trinajstić information content (AvgIpc) is 3.02. The Bertz CT molecular complexity index is 1050. The summed E-state index contributed by atoms with van der Waals surface area (Å²) < 4.78 is 30.4. The van der Waals surface area contributed by atoms with E-state index in [4.69, 9.17) is 4.74 Å². The number of carbonyl (C=O) groups is 1. The van der Waals surface area contributed by atoms with Gasteiger partial charge in [0.15, 0.2) is 15.0 Å². The van der Waals surface area contributed by atoms with Gasteiger partial charge in [0.1, 0.15) is 5.75 Å². The first-order valence-electron chi connectivity index (χ1n) is 7.91. The molecule has 1 N–H and O–H groups in total. The number of hydrogen-bond donors (Lipinski definition) is 1. The van der Waals surface area contributed by atoms with E-state index in [0.29, 0.717) is 10.7 Å². The second kappa shape index (κ2) is 7.05. The summed E-state index contributed by atoms with van der Waals surface area (Å²) in [6.45, 7) is 3.25. The van der Waals surface area contributed by atoms with Crippen LogP contribution in [0.4, 0.5) is 5.13 Å². The van der Waals surface area contributed by atoms with E-state index in [2.05, 4.69) is 10.3 Å². The van der Waals surface area contributed by atoms with Gasteiger partial charge in [-0.25, -0.2) is 13.4 Å². The van der Waals surface area contributed by atoms with Crippen LogP contribution in [0.25, 0.3) is 10.2 Å². The third kappa shape index (κ3) is 3.56. The predicted octanol–water partition coefficient (Wildman–Crippen LogP) is 3.74. The molecule has 0 aliphatic rings. The highest BCUT2D eigenvalue weighted by atomic mass is 32.2. The summed E-state index contributed by atoms with van der Waals surface area (Å²) in [5.74, 6) is 0.380. The first-order valence-corrected chi connectivity index (χ1v) is 10.3. The molecular weight excluding hydrogens is 372 g/mol. The zero-order valence-electron chi connectivity index (χ0n) is 14.5. The number of nitrogens with zero attached hydrogens (tertiary/aromatic N) is 1. The van der Waals surface area contributed by atoms with Crippen molar-refractivity contribution in [3.8, 4) is 5.75 Å². The SMILES string of the molecule is COc1ccc2nc(NC(=O)c3ccc(S(=O)(=O)C(C)C)cc3)sc2c1. The minimum Gasteiger partial charge on any atom is -0.497 e. The lowest BCUT2D eigenvalue weighted by Crippen LogP contribution is -2.15. The molecule has 3 aromatic rings. The standard InChI is InChI=1S/C18H18N2O4S2/c1-11(2)26(22,23)14-7-4-12(5-8-14)17(21)20-18-19-15-9-6-13(24-3)10-16(15)25-18/h4-11H,1-3H3,(H,19,20,21). The van der Waals surface area contributed by atoms with Crippen molar-refractivity contribution in [3.63, 3.8) is 0 Å². The highest BCUT2D eigenvalue weighted by molar-refractivity contribution is 7.92. The fraction of sp³-hybridized carbons (Fsp3) is 0.222. The number of ether oxygens (including phenoxy) is 1. The van der Waals surface area contributed by atoms with E-state index < -0.39 is 15.1 Å². The Morgan fingerprint density at radius 3 is 2.46 bits per heavy atom. The maximum absolute atomic E-state index is 12.4. The number of thiazole rings is 1. The molecule has 136 valence electrons. The Morgan fingerprint density at radius 1 is 1.15 bits per heavy atom. The second-order valence-electron chi connectivity index (χ2n) is 5.92. The Balaban J connectivity index is 1.80. The minimum absolute atomic E-state index is 0.205. The van der Waals surface area contributed by atoms with Gasteiger partial charge in [0.05, 0.1) is 27.5 Å². The van der Waals surface area contributed by atoms with Gasteiger partial charge in [0.25, 0.3) is 5.91 Å².